The zero-order valence-electron chi connectivity index (χ0n) is 12.2. The van der Waals surface area contributed by atoms with Gasteiger partial charge in [-0.05, 0) is 44.6 Å². The number of carboxylic acid groups (broad SMARTS) is 1. The third-order valence-electron chi connectivity index (χ3n) is 3.61. The summed E-state index contributed by atoms with van der Waals surface area (Å²) < 4.78 is 25.6. The molecule has 0 aromatic heterocycles. The van der Waals surface area contributed by atoms with Crippen LogP contribution in [-0.2, 0) is 19.6 Å². The molecule has 0 aliphatic heterocycles. The number of carbonyl (C=O) groups is 2. The molecule has 1 aliphatic rings. The molecule has 3 N–H and O–H groups in total. The van der Waals surface area contributed by atoms with E-state index >= 15 is 0 Å². The van der Waals surface area contributed by atoms with Crippen molar-refractivity contribution in [1.82, 2.24) is 10.0 Å². The van der Waals surface area contributed by atoms with E-state index < -0.39 is 33.5 Å². The maximum atomic E-state index is 12.2. The van der Waals surface area contributed by atoms with Crippen LogP contribution in [0, 0.1) is 0 Å². The van der Waals surface area contributed by atoms with Gasteiger partial charge in [-0.15, -0.1) is 0 Å². The fourth-order valence-electron chi connectivity index (χ4n) is 2.02. The number of carboxylic acids is 1. The highest BCUT2D eigenvalue weighted by Crippen LogP contribution is 2.32. The molecule has 0 saturated heterocycles. The van der Waals surface area contributed by atoms with Crippen molar-refractivity contribution in [2.75, 3.05) is 17.8 Å². The van der Waals surface area contributed by atoms with Gasteiger partial charge in [0.2, 0.25) is 15.9 Å². The summed E-state index contributed by atoms with van der Waals surface area (Å²) in [5.74, 6) is -1.16. The lowest BCUT2D eigenvalue weighted by Gasteiger charge is -2.39. The highest BCUT2D eigenvalue weighted by molar-refractivity contribution is 7.98. The molecular weight excluding hydrogens is 316 g/mol. The molecule has 0 bridgehead atoms. The van der Waals surface area contributed by atoms with Crippen LogP contribution in [0.5, 0.6) is 0 Å². The van der Waals surface area contributed by atoms with Crippen molar-refractivity contribution in [3.63, 3.8) is 0 Å². The van der Waals surface area contributed by atoms with Crippen LogP contribution in [0.4, 0.5) is 0 Å². The molecule has 1 saturated carbocycles. The van der Waals surface area contributed by atoms with Crippen LogP contribution < -0.4 is 10.0 Å². The first-order chi connectivity index (χ1) is 9.76. The number of rotatable bonds is 9. The highest BCUT2D eigenvalue weighted by Gasteiger charge is 2.46. The standard InChI is InChI=1S/C12H22N2O5S2/c1-3-21(18,19)14-9(5-8-20-2)10(15)13-12(11(16)17)6-4-7-12/h9,14H,3-8H2,1-2H3,(H,13,15)(H,16,17). The predicted molar refractivity (Wildman–Crippen MR) is 81.7 cm³/mol. The largest absolute Gasteiger partial charge is 0.480 e. The van der Waals surface area contributed by atoms with Gasteiger partial charge >= 0.3 is 5.97 Å². The maximum absolute atomic E-state index is 12.2. The summed E-state index contributed by atoms with van der Waals surface area (Å²) in [4.78, 5) is 23.5. The van der Waals surface area contributed by atoms with E-state index in [1.54, 1.807) is 0 Å². The number of sulfonamides is 1. The summed E-state index contributed by atoms with van der Waals surface area (Å²) >= 11 is 1.49. The molecule has 9 heteroatoms. The molecule has 1 fully saturated rings. The van der Waals surface area contributed by atoms with Crippen LogP contribution in [0.2, 0.25) is 0 Å². The van der Waals surface area contributed by atoms with Crippen LogP contribution in [0.3, 0.4) is 0 Å². The molecule has 1 rings (SSSR count). The summed E-state index contributed by atoms with van der Waals surface area (Å²) in [7, 11) is -3.53. The van der Waals surface area contributed by atoms with Crippen LogP contribution >= 0.6 is 11.8 Å². The van der Waals surface area contributed by atoms with Crippen molar-refractivity contribution >= 4 is 33.7 Å². The van der Waals surface area contributed by atoms with E-state index in [9.17, 15) is 23.1 Å². The quantitative estimate of drug-likeness (QED) is 0.552. The Hall–Kier alpha value is -0.800. The molecule has 1 atom stereocenters. The summed E-state index contributed by atoms with van der Waals surface area (Å²) in [6.07, 6.45) is 3.67. The number of carbonyl (C=O) groups excluding carboxylic acids is 1. The average molecular weight is 338 g/mol. The zero-order chi connectivity index (χ0) is 16.1. The number of thioether (sulfide) groups is 1. The van der Waals surface area contributed by atoms with Gasteiger partial charge in [-0.3, -0.25) is 4.79 Å². The Morgan fingerprint density at radius 1 is 1.38 bits per heavy atom. The van der Waals surface area contributed by atoms with Gasteiger partial charge in [0.15, 0.2) is 0 Å². The Kier molecular flexibility index (Phi) is 6.48. The van der Waals surface area contributed by atoms with Gasteiger partial charge in [0.05, 0.1) is 5.75 Å². The van der Waals surface area contributed by atoms with Crippen molar-refractivity contribution in [3.8, 4) is 0 Å². The van der Waals surface area contributed by atoms with Gasteiger partial charge in [0, 0.05) is 0 Å². The van der Waals surface area contributed by atoms with Gasteiger partial charge in [0.1, 0.15) is 11.6 Å². The van der Waals surface area contributed by atoms with Crippen molar-refractivity contribution in [2.24, 2.45) is 0 Å². The molecule has 1 amide bonds. The molecule has 21 heavy (non-hydrogen) atoms. The monoisotopic (exact) mass is 338 g/mol. The Morgan fingerprint density at radius 3 is 2.38 bits per heavy atom. The molecule has 0 heterocycles. The number of hydrogen-bond acceptors (Lipinski definition) is 5. The van der Waals surface area contributed by atoms with E-state index in [4.69, 9.17) is 0 Å². The average Bonchev–Trinajstić information content (AvgIpc) is 2.37. The molecule has 0 aromatic rings. The van der Waals surface area contributed by atoms with Gasteiger partial charge in [-0.1, -0.05) is 0 Å². The van der Waals surface area contributed by atoms with Crippen molar-refractivity contribution in [1.29, 1.82) is 0 Å². The minimum Gasteiger partial charge on any atom is -0.480 e. The molecule has 1 aliphatic carbocycles. The minimum atomic E-state index is -3.53. The van der Waals surface area contributed by atoms with E-state index in [1.807, 2.05) is 6.26 Å². The molecular formula is C12H22N2O5S2. The van der Waals surface area contributed by atoms with Crippen LogP contribution in [0.1, 0.15) is 32.6 Å². The van der Waals surface area contributed by atoms with Crippen molar-refractivity contribution in [3.05, 3.63) is 0 Å². The van der Waals surface area contributed by atoms with E-state index in [0.717, 1.165) is 6.42 Å². The number of nitrogens with one attached hydrogen (secondary N) is 2. The maximum Gasteiger partial charge on any atom is 0.329 e. The number of hydrogen-bond donors (Lipinski definition) is 3. The number of aliphatic carboxylic acids is 1. The molecule has 0 radical (unpaired) electrons. The third-order valence-corrected chi connectivity index (χ3v) is 5.66. The van der Waals surface area contributed by atoms with Gasteiger partial charge < -0.3 is 10.4 Å². The van der Waals surface area contributed by atoms with Gasteiger partial charge in [-0.2, -0.15) is 11.8 Å². The minimum absolute atomic E-state index is 0.125. The summed E-state index contributed by atoms with van der Waals surface area (Å²) in [5.41, 5.74) is -1.23. The van der Waals surface area contributed by atoms with Crippen LogP contribution in [0.25, 0.3) is 0 Å². The second-order valence-electron chi connectivity index (χ2n) is 5.09. The van der Waals surface area contributed by atoms with E-state index in [-0.39, 0.29) is 5.75 Å². The van der Waals surface area contributed by atoms with E-state index in [0.29, 0.717) is 25.0 Å². The second-order valence-corrected chi connectivity index (χ2v) is 8.11. The molecule has 0 spiro atoms. The Morgan fingerprint density at radius 2 is 2.00 bits per heavy atom. The normalized spacial score (nSPS) is 18.6. The lowest BCUT2D eigenvalue weighted by molar-refractivity contribution is -0.152. The number of amides is 1. The molecule has 122 valence electrons. The van der Waals surface area contributed by atoms with Gasteiger partial charge in [-0.25, -0.2) is 17.9 Å². The van der Waals surface area contributed by atoms with Crippen molar-refractivity contribution in [2.45, 2.75) is 44.2 Å². The van der Waals surface area contributed by atoms with E-state index in [1.165, 1.54) is 18.7 Å². The SMILES string of the molecule is CCS(=O)(=O)NC(CCSC)C(=O)NC1(C(=O)O)CCC1. The fourth-order valence-corrected chi connectivity index (χ4v) is 3.32. The molecule has 1 unspecified atom stereocenters. The zero-order valence-corrected chi connectivity index (χ0v) is 13.8. The predicted octanol–water partition coefficient (Wildman–Crippen LogP) is 0.171. The third kappa shape index (κ3) is 4.86. The molecule has 0 aromatic carbocycles. The first-order valence-corrected chi connectivity index (χ1v) is 9.85. The van der Waals surface area contributed by atoms with E-state index in [2.05, 4.69) is 10.0 Å². The summed E-state index contributed by atoms with van der Waals surface area (Å²) in [6, 6.07) is -0.931. The highest BCUT2D eigenvalue weighted by atomic mass is 32.2. The second kappa shape index (κ2) is 7.46. The lowest BCUT2D eigenvalue weighted by atomic mass is 9.76. The smallest absolute Gasteiger partial charge is 0.329 e. The van der Waals surface area contributed by atoms with Gasteiger partial charge in [0.25, 0.3) is 0 Å². The molecule has 7 nitrogen and oxygen atoms in total. The first-order valence-electron chi connectivity index (χ1n) is 6.80. The Bertz CT molecular complexity index is 488. The topological polar surface area (TPSA) is 113 Å². The van der Waals surface area contributed by atoms with Crippen LogP contribution in [0.15, 0.2) is 0 Å². The van der Waals surface area contributed by atoms with Crippen LogP contribution in [-0.4, -0.2) is 54.7 Å². The lowest BCUT2D eigenvalue weighted by Crippen LogP contribution is -2.62. The summed E-state index contributed by atoms with van der Waals surface area (Å²) in [6.45, 7) is 1.48. The fraction of sp³-hybridized carbons (Fsp3) is 0.833. The Labute approximate surface area is 129 Å². The first kappa shape index (κ1) is 18.2. The summed E-state index contributed by atoms with van der Waals surface area (Å²) in [5, 5.41) is 11.7. The van der Waals surface area contributed by atoms with Crippen molar-refractivity contribution < 1.29 is 23.1 Å². The Balaban J connectivity index is 2.77.